The summed E-state index contributed by atoms with van der Waals surface area (Å²) in [6, 6.07) is 6.12. The summed E-state index contributed by atoms with van der Waals surface area (Å²) in [6.45, 7) is 0.282. The fourth-order valence-corrected chi connectivity index (χ4v) is 4.63. The summed E-state index contributed by atoms with van der Waals surface area (Å²) in [5.41, 5.74) is 0.638. The van der Waals surface area contributed by atoms with Crippen molar-refractivity contribution < 1.29 is 18.3 Å². The third-order valence-corrected chi connectivity index (χ3v) is 5.74. The van der Waals surface area contributed by atoms with Gasteiger partial charge in [-0.05, 0) is 24.5 Å². The maximum Gasteiger partial charge on any atom is 0.322 e. The molecule has 104 valence electrons. The van der Waals surface area contributed by atoms with Crippen LogP contribution < -0.4 is 0 Å². The molecular weight excluding hydrogens is 334 g/mol. The highest BCUT2D eigenvalue weighted by Crippen LogP contribution is 2.26. The molecule has 2 rings (SSSR count). The fraction of sp³-hybridized carbons (Fsp3) is 0.417. The Morgan fingerprint density at radius 3 is 2.74 bits per heavy atom. The first-order chi connectivity index (χ1) is 8.92. The highest BCUT2D eigenvalue weighted by molar-refractivity contribution is 9.10. The molecule has 1 aromatic rings. The maximum absolute atomic E-state index is 12.3. The second-order valence-corrected chi connectivity index (χ2v) is 7.23. The van der Waals surface area contributed by atoms with E-state index in [0.717, 1.165) is 4.31 Å². The Bertz CT molecular complexity index is 587. The van der Waals surface area contributed by atoms with Crippen LogP contribution >= 0.6 is 15.9 Å². The minimum Gasteiger partial charge on any atom is -0.480 e. The summed E-state index contributed by atoms with van der Waals surface area (Å²) in [5.74, 6) is -1.26. The summed E-state index contributed by atoms with van der Waals surface area (Å²) in [4.78, 5) is 11.1. The number of nitrogens with zero attached hydrogens (tertiary/aromatic N) is 1. The van der Waals surface area contributed by atoms with E-state index in [1.54, 1.807) is 24.3 Å². The van der Waals surface area contributed by atoms with Crippen LogP contribution in [-0.2, 0) is 20.6 Å². The number of carboxylic acid groups (broad SMARTS) is 1. The second kappa shape index (κ2) is 5.60. The third-order valence-electron chi connectivity index (χ3n) is 3.14. The van der Waals surface area contributed by atoms with Crippen molar-refractivity contribution in [1.82, 2.24) is 4.31 Å². The smallest absolute Gasteiger partial charge is 0.322 e. The molecule has 0 bridgehead atoms. The van der Waals surface area contributed by atoms with Gasteiger partial charge >= 0.3 is 5.97 Å². The second-order valence-electron chi connectivity index (χ2n) is 4.45. The fourth-order valence-electron chi connectivity index (χ4n) is 2.21. The number of hydrogen-bond acceptors (Lipinski definition) is 3. The monoisotopic (exact) mass is 347 g/mol. The van der Waals surface area contributed by atoms with Gasteiger partial charge in [-0.1, -0.05) is 34.1 Å². The molecule has 0 saturated carbocycles. The first kappa shape index (κ1) is 14.5. The van der Waals surface area contributed by atoms with Crippen LogP contribution in [0, 0.1) is 0 Å². The number of aliphatic carboxylic acids is 1. The Labute approximate surface area is 120 Å². The summed E-state index contributed by atoms with van der Waals surface area (Å²) in [5, 5.41) is 9.05. The van der Waals surface area contributed by atoms with Crippen molar-refractivity contribution in [2.24, 2.45) is 0 Å². The number of carboxylic acids is 1. The lowest BCUT2D eigenvalue weighted by molar-refractivity contribution is -0.140. The topological polar surface area (TPSA) is 74.7 Å². The zero-order valence-corrected chi connectivity index (χ0v) is 12.5. The van der Waals surface area contributed by atoms with Crippen molar-refractivity contribution in [3.63, 3.8) is 0 Å². The molecule has 1 aliphatic rings. The molecule has 1 heterocycles. The zero-order chi connectivity index (χ0) is 14.0. The lowest BCUT2D eigenvalue weighted by Crippen LogP contribution is -2.40. The first-order valence-electron chi connectivity index (χ1n) is 5.87. The molecule has 0 radical (unpaired) electrons. The molecule has 1 N–H and O–H groups in total. The Morgan fingerprint density at radius 1 is 1.42 bits per heavy atom. The number of sulfonamides is 1. The first-order valence-corrected chi connectivity index (χ1v) is 8.28. The molecule has 7 heteroatoms. The largest absolute Gasteiger partial charge is 0.480 e. The van der Waals surface area contributed by atoms with Gasteiger partial charge < -0.3 is 5.11 Å². The van der Waals surface area contributed by atoms with Crippen LogP contribution in [0.1, 0.15) is 18.4 Å². The van der Waals surface area contributed by atoms with E-state index in [9.17, 15) is 13.2 Å². The van der Waals surface area contributed by atoms with Crippen LogP contribution in [-0.4, -0.2) is 36.4 Å². The van der Waals surface area contributed by atoms with Gasteiger partial charge in [0, 0.05) is 11.0 Å². The van der Waals surface area contributed by atoms with Gasteiger partial charge in [0.1, 0.15) is 6.04 Å². The standard InChI is InChI=1S/C12H14BrNO4S/c13-10-5-2-1-4-9(10)8-19(17,18)14-7-3-6-11(14)12(15)16/h1-2,4-5,11H,3,6-8H2,(H,15,16)/t11-/m0/s1. The molecule has 0 aromatic heterocycles. The Kier molecular flexibility index (Phi) is 4.27. The Morgan fingerprint density at radius 2 is 2.11 bits per heavy atom. The number of carbonyl (C=O) groups is 1. The van der Waals surface area contributed by atoms with Gasteiger partial charge in [0.15, 0.2) is 0 Å². The van der Waals surface area contributed by atoms with Crippen molar-refractivity contribution in [2.75, 3.05) is 6.54 Å². The molecule has 1 fully saturated rings. The molecule has 0 aliphatic carbocycles. The Hall–Kier alpha value is -0.920. The summed E-state index contributed by atoms with van der Waals surface area (Å²) < 4.78 is 26.4. The molecule has 0 spiro atoms. The number of hydrogen-bond donors (Lipinski definition) is 1. The molecule has 0 unspecified atom stereocenters. The van der Waals surface area contributed by atoms with Gasteiger partial charge in [-0.3, -0.25) is 4.79 Å². The zero-order valence-electron chi connectivity index (χ0n) is 10.1. The summed E-state index contributed by atoms with van der Waals surface area (Å²) in [6.07, 6.45) is 0.969. The molecule has 19 heavy (non-hydrogen) atoms. The van der Waals surface area contributed by atoms with E-state index in [-0.39, 0.29) is 12.3 Å². The van der Waals surface area contributed by atoms with Gasteiger partial charge in [0.25, 0.3) is 0 Å². The average molecular weight is 348 g/mol. The highest BCUT2D eigenvalue weighted by Gasteiger charge is 2.38. The molecule has 1 atom stereocenters. The van der Waals surface area contributed by atoms with E-state index in [0.29, 0.717) is 22.9 Å². The van der Waals surface area contributed by atoms with E-state index >= 15 is 0 Å². The van der Waals surface area contributed by atoms with Gasteiger partial charge in [0.2, 0.25) is 10.0 Å². The van der Waals surface area contributed by atoms with Crippen LogP contribution in [0.25, 0.3) is 0 Å². The maximum atomic E-state index is 12.3. The molecule has 0 amide bonds. The van der Waals surface area contributed by atoms with Crippen molar-refractivity contribution in [1.29, 1.82) is 0 Å². The molecule has 1 aliphatic heterocycles. The lowest BCUT2D eigenvalue weighted by Gasteiger charge is -2.21. The van der Waals surface area contributed by atoms with E-state index in [1.165, 1.54) is 0 Å². The van der Waals surface area contributed by atoms with Crippen molar-refractivity contribution in [2.45, 2.75) is 24.6 Å². The Balaban J connectivity index is 2.24. The van der Waals surface area contributed by atoms with E-state index in [2.05, 4.69) is 15.9 Å². The van der Waals surface area contributed by atoms with E-state index in [1.807, 2.05) is 0 Å². The average Bonchev–Trinajstić information content (AvgIpc) is 2.82. The van der Waals surface area contributed by atoms with Crippen molar-refractivity contribution in [3.05, 3.63) is 34.3 Å². The van der Waals surface area contributed by atoms with Crippen molar-refractivity contribution >= 4 is 31.9 Å². The van der Waals surface area contributed by atoms with E-state index in [4.69, 9.17) is 5.11 Å². The predicted octanol–water partition coefficient (Wildman–Crippen LogP) is 1.83. The molecule has 1 saturated heterocycles. The highest BCUT2D eigenvalue weighted by atomic mass is 79.9. The number of halogens is 1. The van der Waals surface area contributed by atoms with Crippen LogP contribution in [0.2, 0.25) is 0 Å². The number of rotatable bonds is 4. The van der Waals surface area contributed by atoms with Crippen LogP contribution in [0.15, 0.2) is 28.7 Å². The third kappa shape index (κ3) is 3.16. The van der Waals surface area contributed by atoms with Gasteiger partial charge in [-0.2, -0.15) is 4.31 Å². The van der Waals surface area contributed by atoms with Gasteiger partial charge in [-0.25, -0.2) is 8.42 Å². The van der Waals surface area contributed by atoms with Crippen LogP contribution in [0.3, 0.4) is 0 Å². The molecule has 1 aromatic carbocycles. The summed E-state index contributed by atoms with van der Waals surface area (Å²) in [7, 11) is -3.61. The summed E-state index contributed by atoms with van der Waals surface area (Å²) >= 11 is 3.30. The SMILES string of the molecule is O=C(O)[C@@H]1CCCN1S(=O)(=O)Cc1ccccc1Br. The predicted molar refractivity (Wildman–Crippen MR) is 74.1 cm³/mol. The minimum absolute atomic E-state index is 0.182. The number of benzene rings is 1. The van der Waals surface area contributed by atoms with Crippen molar-refractivity contribution in [3.8, 4) is 0 Å². The lowest BCUT2D eigenvalue weighted by atomic mass is 10.2. The quantitative estimate of drug-likeness (QED) is 0.901. The van der Waals surface area contributed by atoms with Crippen LogP contribution in [0.5, 0.6) is 0 Å². The molecular formula is C12H14BrNO4S. The van der Waals surface area contributed by atoms with Crippen LogP contribution in [0.4, 0.5) is 0 Å². The normalized spacial score (nSPS) is 20.6. The molecule has 5 nitrogen and oxygen atoms in total. The van der Waals surface area contributed by atoms with Gasteiger partial charge in [0.05, 0.1) is 5.75 Å². The van der Waals surface area contributed by atoms with E-state index < -0.39 is 22.0 Å². The van der Waals surface area contributed by atoms with Gasteiger partial charge in [-0.15, -0.1) is 0 Å². The minimum atomic E-state index is -3.61.